The van der Waals surface area contributed by atoms with Gasteiger partial charge in [0.1, 0.15) is 5.00 Å². The molecule has 1 aromatic heterocycles. The summed E-state index contributed by atoms with van der Waals surface area (Å²) in [7, 11) is 1.30. The molecule has 94 valence electrons. The highest BCUT2D eigenvalue weighted by atomic mass is 32.1. The highest BCUT2D eigenvalue weighted by molar-refractivity contribution is 7.19. The Bertz CT molecular complexity index is 417. The Labute approximate surface area is 103 Å². The maximum Gasteiger partial charge on any atom is 0.311 e. The Morgan fingerprint density at radius 2 is 2.24 bits per heavy atom. The third kappa shape index (κ3) is 4.03. The number of thiazole rings is 1. The van der Waals surface area contributed by atoms with Gasteiger partial charge in [-0.1, -0.05) is 18.3 Å². The molecule has 1 heterocycles. The second-order valence-corrected chi connectivity index (χ2v) is 4.41. The topological polar surface area (TPSA) is 94.3 Å². The van der Waals surface area contributed by atoms with Gasteiger partial charge in [-0.25, -0.2) is 4.98 Å². The highest BCUT2D eigenvalue weighted by Crippen LogP contribution is 2.26. The number of nitrogens with two attached hydrogens (primary N) is 1. The number of anilines is 2. The van der Waals surface area contributed by atoms with Crippen LogP contribution in [0, 0.1) is 0 Å². The van der Waals surface area contributed by atoms with E-state index in [1.165, 1.54) is 7.11 Å². The average molecular weight is 257 g/mol. The van der Waals surface area contributed by atoms with Gasteiger partial charge in [0.25, 0.3) is 0 Å². The first kappa shape index (κ1) is 13.4. The van der Waals surface area contributed by atoms with E-state index in [2.05, 4.69) is 15.0 Å². The fourth-order valence-electron chi connectivity index (χ4n) is 1.16. The zero-order valence-corrected chi connectivity index (χ0v) is 10.6. The number of nitrogen functional groups attached to an aromatic ring is 1. The van der Waals surface area contributed by atoms with E-state index in [0.29, 0.717) is 22.2 Å². The first-order chi connectivity index (χ1) is 8.06. The van der Waals surface area contributed by atoms with Crippen LogP contribution in [0.2, 0.25) is 0 Å². The summed E-state index contributed by atoms with van der Waals surface area (Å²) in [4.78, 5) is 26.5. The zero-order valence-electron chi connectivity index (χ0n) is 9.78. The summed E-state index contributed by atoms with van der Waals surface area (Å²) in [5.74, 6) is -0.515. The first-order valence-electron chi connectivity index (χ1n) is 5.18. The molecule has 7 heteroatoms. The molecule has 0 fully saturated rings. The summed E-state index contributed by atoms with van der Waals surface area (Å²) in [6, 6.07) is 0. The fourth-order valence-corrected chi connectivity index (χ4v) is 1.93. The van der Waals surface area contributed by atoms with Crippen molar-refractivity contribution in [3.05, 3.63) is 5.69 Å². The van der Waals surface area contributed by atoms with Gasteiger partial charge in [0.05, 0.1) is 19.2 Å². The predicted octanol–water partition coefficient (Wildman–Crippen LogP) is 1.18. The maximum atomic E-state index is 11.3. The van der Waals surface area contributed by atoms with Crippen LogP contribution >= 0.6 is 11.3 Å². The van der Waals surface area contributed by atoms with Gasteiger partial charge in [0.2, 0.25) is 5.91 Å². The van der Waals surface area contributed by atoms with Crippen LogP contribution in [0.3, 0.4) is 0 Å². The number of amides is 1. The number of carbonyl (C=O) groups excluding carboxylic acids is 2. The number of ether oxygens (including phenoxy) is 1. The molecule has 0 radical (unpaired) electrons. The van der Waals surface area contributed by atoms with Crippen LogP contribution in [-0.4, -0.2) is 24.0 Å². The van der Waals surface area contributed by atoms with Gasteiger partial charge in [-0.3, -0.25) is 9.59 Å². The molecule has 0 aliphatic carbocycles. The monoisotopic (exact) mass is 257 g/mol. The Kier molecular flexibility index (Phi) is 4.89. The molecule has 0 aliphatic heterocycles. The lowest BCUT2D eigenvalue weighted by Gasteiger charge is -1.98. The van der Waals surface area contributed by atoms with Crippen LogP contribution in [0.4, 0.5) is 10.1 Å². The molecule has 0 saturated carbocycles. The van der Waals surface area contributed by atoms with E-state index in [0.717, 1.165) is 17.8 Å². The summed E-state index contributed by atoms with van der Waals surface area (Å²) in [6.45, 7) is 1.92. The van der Waals surface area contributed by atoms with Crippen molar-refractivity contribution in [2.45, 2.75) is 26.2 Å². The van der Waals surface area contributed by atoms with Crippen LogP contribution in [0.5, 0.6) is 0 Å². The normalized spacial score (nSPS) is 10.0. The van der Waals surface area contributed by atoms with Gasteiger partial charge in [0.15, 0.2) is 5.13 Å². The van der Waals surface area contributed by atoms with Gasteiger partial charge >= 0.3 is 5.97 Å². The van der Waals surface area contributed by atoms with Crippen molar-refractivity contribution in [1.29, 1.82) is 0 Å². The van der Waals surface area contributed by atoms with E-state index in [-0.39, 0.29) is 12.3 Å². The number of aromatic nitrogens is 1. The summed E-state index contributed by atoms with van der Waals surface area (Å²) >= 11 is 1.15. The van der Waals surface area contributed by atoms with Gasteiger partial charge in [0, 0.05) is 6.42 Å². The molecule has 0 bridgehead atoms. The molecule has 0 unspecified atom stereocenters. The zero-order chi connectivity index (χ0) is 12.8. The van der Waals surface area contributed by atoms with E-state index in [4.69, 9.17) is 5.73 Å². The summed E-state index contributed by atoms with van der Waals surface area (Å²) in [6.07, 6.45) is 1.22. The van der Waals surface area contributed by atoms with E-state index in [1.807, 2.05) is 6.92 Å². The van der Waals surface area contributed by atoms with Gasteiger partial charge < -0.3 is 15.8 Å². The standard InChI is InChI=1S/C10H15N3O3S/c1-3-4-7(14)13-10-12-6(9(11)17-10)5-8(15)16-2/h3-5,11H2,1-2H3,(H,12,13,14). The number of rotatable bonds is 5. The van der Waals surface area contributed by atoms with Gasteiger partial charge in [-0.05, 0) is 6.42 Å². The number of hydrogen-bond acceptors (Lipinski definition) is 6. The molecule has 1 rings (SSSR count). The van der Waals surface area contributed by atoms with Crippen LogP contribution < -0.4 is 11.1 Å². The summed E-state index contributed by atoms with van der Waals surface area (Å²) in [5.41, 5.74) is 6.13. The molecule has 0 atom stereocenters. The minimum absolute atomic E-state index is 0.0164. The molecule has 17 heavy (non-hydrogen) atoms. The first-order valence-corrected chi connectivity index (χ1v) is 6.00. The van der Waals surface area contributed by atoms with Crippen molar-refractivity contribution in [2.75, 3.05) is 18.2 Å². The second kappa shape index (κ2) is 6.19. The summed E-state index contributed by atoms with van der Waals surface area (Å²) in [5, 5.41) is 3.47. The Balaban J connectivity index is 2.67. The van der Waals surface area contributed by atoms with Gasteiger partial charge in [-0.2, -0.15) is 0 Å². The number of hydrogen-bond donors (Lipinski definition) is 2. The highest BCUT2D eigenvalue weighted by Gasteiger charge is 2.14. The molecule has 3 N–H and O–H groups in total. The SMILES string of the molecule is CCCC(=O)Nc1nc(CC(=O)OC)c(N)s1. The lowest BCUT2D eigenvalue weighted by Crippen LogP contribution is -2.11. The molecule has 0 spiro atoms. The van der Waals surface area contributed by atoms with E-state index in [9.17, 15) is 9.59 Å². The van der Waals surface area contributed by atoms with E-state index in [1.54, 1.807) is 0 Å². The van der Waals surface area contributed by atoms with E-state index >= 15 is 0 Å². The lowest BCUT2D eigenvalue weighted by molar-refractivity contribution is -0.139. The minimum Gasteiger partial charge on any atom is -0.469 e. The third-order valence-electron chi connectivity index (χ3n) is 1.99. The van der Waals surface area contributed by atoms with Crippen LogP contribution in [0.1, 0.15) is 25.5 Å². The summed E-state index contributed by atoms with van der Waals surface area (Å²) < 4.78 is 4.52. The van der Waals surface area contributed by atoms with Crippen molar-refractivity contribution < 1.29 is 14.3 Å². The lowest BCUT2D eigenvalue weighted by atomic mass is 10.3. The van der Waals surface area contributed by atoms with Crippen LogP contribution in [0.25, 0.3) is 0 Å². The van der Waals surface area contributed by atoms with Crippen molar-refractivity contribution in [3.63, 3.8) is 0 Å². The second-order valence-electron chi connectivity index (χ2n) is 3.38. The Morgan fingerprint density at radius 3 is 2.82 bits per heavy atom. The Morgan fingerprint density at radius 1 is 1.53 bits per heavy atom. The van der Waals surface area contributed by atoms with Crippen molar-refractivity contribution >= 4 is 33.3 Å². The molecular formula is C10H15N3O3S. The Hall–Kier alpha value is -1.63. The van der Waals surface area contributed by atoms with Crippen molar-refractivity contribution in [1.82, 2.24) is 4.98 Å². The molecule has 0 aromatic carbocycles. The van der Waals surface area contributed by atoms with Crippen molar-refractivity contribution in [2.24, 2.45) is 0 Å². The largest absolute Gasteiger partial charge is 0.469 e. The quantitative estimate of drug-likeness (QED) is 0.772. The fraction of sp³-hybridized carbons (Fsp3) is 0.500. The average Bonchev–Trinajstić information content (AvgIpc) is 2.59. The van der Waals surface area contributed by atoms with Crippen LogP contribution in [-0.2, 0) is 20.7 Å². The molecule has 0 aliphatic rings. The van der Waals surface area contributed by atoms with E-state index < -0.39 is 5.97 Å². The van der Waals surface area contributed by atoms with Crippen molar-refractivity contribution in [3.8, 4) is 0 Å². The molecule has 0 saturated heterocycles. The maximum absolute atomic E-state index is 11.3. The number of methoxy groups -OCH3 is 1. The number of nitrogens with one attached hydrogen (secondary N) is 1. The molecule has 6 nitrogen and oxygen atoms in total. The smallest absolute Gasteiger partial charge is 0.311 e. The molecular weight excluding hydrogens is 242 g/mol. The number of esters is 1. The number of carbonyl (C=O) groups is 2. The molecule has 1 aromatic rings. The minimum atomic E-state index is -0.409. The van der Waals surface area contributed by atoms with Crippen LogP contribution in [0.15, 0.2) is 0 Å². The van der Waals surface area contributed by atoms with Gasteiger partial charge in [-0.15, -0.1) is 0 Å². The molecule has 1 amide bonds. The third-order valence-corrected chi connectivity index (χ3v) is 2.83. The number of nitrogens with zero attached hydrogens (tertiary/aromatic N) is 1. The predicted molar refractivity (Wildman–Crippen MR) is 65.8 cm³/mol.